The van der Waals surface area contributed by atoms with Gasteiger partial charge in [-0.1, -0.05) is 19.9 Å². The second-order valence-corrected chi connectivity index (χ2v) is 7.51. The Kier molecular flexibility index (Phi) is 5.57. The van der Waals surface area contributed by atoms with Crippen LogP contribution in [0.15, 0.2) is 41.2 Å². The number of fused-ring (bicyclic) bond motifs is 1. The lowest BCUT2D eigenvalue weighted by Gasteiger charge is -2.37. The maximum atomic E-state index is 5.70. The van der Waals surface area contributed by atoms with Gasteiger partial charge in [-0.3, -0.25) is 10.3 Å². The highest BCUT2D eigenvalue weighted by Gasteiger charge is 2.29. The van der Waals surface area contributed by atoms with Gasteiger partial charge in [-0.05, 0) is 48.2 Å². The molecular weight excluding hydrogens is 350 g/mol. The fourth-order valence-corrected chi connectivity index (χ4v) is 4.32. The third kappa shape index (κ3) is 3.61. The van der Waals surface area contributed by atoms with Gasteiger partial charge >= 0.3 is 0 Å². The third-order valence-corrected chi connectivity index (χ3v) is 5.87. The van der Waals surface area contributed by atoms with E-state index in [1.54, 1.807) is 7.11 Å². The number of hydrogen-bond acceptors (Lipinski definition) is 6. The van der Waals surface area contributed by atoms with Crippen molar-refractivity contribution in [2.75, 3.05) is 31.6 Å². The molecule has 0 aromatic heterocycles. The molecule has 3 N–H and O–H groups in total. The highest BCUT2D eigenvalue weighted by atomic mass is 16.5. The number of aryl methyl sites for hydroxylation is 1. The van der Waals surface area contributed by atoms with E-state index >= 15 is 0 Å². The highest BCUT2D eigenvalue weighted by Crippen LogP contribution is 2.33. The first-order valence-corrected chi connectivity index (χ1v) is 10.4. The van der Waals surface area contributed by atoms with E-state index in [0.717, 1.165) is 50.5 Å². The number of methoxy groups -OCH3 is 1. The van der Waals surface area contributed by atoms with Gasteiger partial charge in [-0.25, -0.2) is 0 Å². The van der Waals surface area contributed by atoms with E-state index in [9.17, 15) is 0 Å². The Labute approximate surface area is 167 Å². The van der Waals surface area contributed by atoms with Gasteiger partial charge in [0.25, 0.3) is 0 Å². The lowest BCUT2D eigenvalue weighted by atomic mass is 9.96. The first kappa shape index (κ1) is 18.9. The molecule has 1 saturated heterocycles. The number of aliphatic imine (C=N–C) groups is 1. The predicted molar refractivity (Wildman–Crippen MR) is 115 cm³/mol. The van der Waals surface area contributed by atoms with Crippen LogP contribution in [0.25, 0.3) is 0 Å². The molecule has 3 aliphatic rings. The number of hydrogen-bond donors (Lipinski definition) is 3. The van der Waals surface area contributed by atoms with Gasteiger partial charge in [-0.15, -0.1) is 0 Å². The zero-order valence-corrected chi connectivity index (χ0v) is 17.1. The fourth-order valence-electron chi connectivity index (χ4n) is 4.32. The van der Waals surface area contributed by atoms with E-state index < -0.39 is 0 Å². The molecule has 0 spiro atoms. The molecule has 6 heteroatoms. The van der Waals surface area contributed by atoms with Gasteiger partial charge in [0, 0.05) is 37.6 Å². The van der Waals surface area contributed by atoms with Crippen LogP contribution < -0.4 is 25.6 Å². The fraction of sp³-hybridized carbons (Fsp3) is 0.500. The van der Waals surface area contributed by atoms with Gasteiger partial charge in [0.2, 0.25) is 0 Å². The minimum atomic E-state index is 0.0683. The van der Waals surface area contributed by atoms with Crippen LogP contribution in [0.4, 0.5) is 5.69 Å². The minimum absolute atomic E-state index is 0.0683. The first-order chi connectivity index (χ1) is 13.7. The molecule has 4 rings (SSSR count). The van der Waals surface area contributed by atoms with Gasteiger partial charge in [0.05, 0.1) is 13.2 Å². The van der Waals surface area contributed by atoms with Crippen LogP contribution in [0.2, 0.25) is 0 Å². The Morgan fingerprint density at radius 3 is 2.86 bits per heavy atom. The summed E-state index contributed by atoms with van der Waals surface area (Å²) in [6.45, 7) is 7.18. The standard InChI is InChI=1S/C22H31N5O/c1-4-15-11-17(12-20(28-3)18(15)5-2)27-10-7-19-16(14-27)13-25-22(26-19)21-23-8-6-9-24-21/h6,8,11-13,19,21,23-24H,4-5,7,9-10,14H2,1-3H3,(H,25,26). The van der Waals surface area contributed by atoms with Crippen molar-refractivity contribution in [2.45, 2.75) is 45.3 Å². The quantitative estimate of drug-likeness (QED) is 0.731. The van der Waals surface area contributed by atoms with E-state index in [1.165, 1.54) is 22.4 Å². The van der Waals surface area contributed by atoms with Crippen LogP contribution in [0.5, 0.6) is 5.75 Å². The maximum absolute atomic E-state index is 5.70. The first-order valence-electron chi connectivity index (χ1n) is 10.4. The van der Waals surface area contributed by atoms with Crippen LogP contribution in [0.1, 0.15) is 31.4 Å². The summed E-state index contributed by atoms with van der Waals surface area (Å²) in [6.07, 6.45) is 9.34. The van der Waals surface area contributed by atoms with Crippen molar-refractivity contribution in [1.82, 2.24) is 16.0 Å². The molecule has 28 heavy (non-hydrogen) atoms. The lowest BCUT2D eigenvalue weighted by molar-refractivity contribution is 0.409. The molecule has 3 heterocycles. The topological polar surface area (TPSA) is 60.9 Å². The number of nitrogens with one attached hydrogen (secondary N) is 3. The summed E-state index contributed by atoms with van der Waals surface area (Å²) in [4.78, 5) is 7.43. The molecule has 3 aliphatic heterocycles. The molecule has 2 atom stereocenters. The van der Waals surface area contributed by atoms with Gasteiger partial charge in [-0.2, -0.15) is 0 Å². The molecule has 1 fully saturated rings. The highest BCUT2D eigenvalue weighted by molar-refractivity contribution is 5.89. The van der Waals surface area contributed by atoms with Gasteiger partial charge in [0.15, 0.2) is 0 Å². The Balaban J connectivity index is 1.51. The van der Waals surface area contributed by atoms with Crippen LogP contribution in [-0.2, 0) is 12.8 Å². The van der Waals surface area contributed by atoms with E-state index in [-0.39, 0.29) is 12.2 Å². The van der Waals surface area contributed by atoms with Crippen molar-refractivity contribution < 1.29 is 4.74 Å². The number of anilines is 1. The van der Waals surface area contributed by atoms with Crippen molar-refractivity contribution in [3.63, 3.8) is 0 Å². The average molecular weight is 382 g/mol. The Morgan fingerprint density at radius 2 is 2.14 bits per heavy atom. The molecular formula is C22H31N5O. The molecule has 0 aliphatic carbocycles. The van der Waals surface area contributed by atoms with E-state index in [4.69, 9.17) is 9.73 Å². The minimum Gasteiger partial charge on any atom is -0.496 e. The second-order valence-electron chi connectivity index (χ2n) is 7.51. The van der Waals surface area contributed by atoms with Crippen LogP contribution in [0, 0.1) is 0 Å². The number of piperidine rings is 1. The van der Waals surface area contributed by atoms with Gasteiger partial charge < -0.3 is 20.3 Å². The Bertz CT molecular complexity index is 788. The van der Waals surface area contributed by atoms with Crippen molar-refractivity contribution in [3.8, 4) is 5.75 Å². The van der Waals surface area contributed by atoms with Gasteiger partial charge in [0.1, 0.15) is 17.8 Å². The van der Waals surface area contributed by atoms with Crippen LogP contribution in [-0.4, -0.2) is 44.8 Å². The zero-order valence-electron chi connectivity index (χ0n) is 17.1. The molecule has 0 bridgehead atoms. The molecule has 0 saturated carbocycles. The number of ether oxygens (including phenoxy) is 1. The average Bonchev–Trinajstić information content (AvgIpc) is 2.77. The summed E-state index contributed by atoms with van der Waals surface area (Å²) in [5.41, 5.74) is 5.31. The summed E-state index contributed by atoms with van der Waals surface area (Å²) in [5.74, 6) is 1.99. The summed E-state index contributed by atoms with van der Waals surface area (Å²) in [5, 5.41) is 10.1. The van der Waals surface area contributed by atoms with Crippen molar-refractivity contribution in [2.24, 2.45) is 4.99 Å². The third-order valence-electron chi connectivity index (χ3n) is 5.87. The molecule has 0 radical (unpaired) electrons. The van der Waals surface area contributed by atoms with Crippen LogP contribution >= 0.6 is 0 Å². The summed E-state index contributed by atoms with van der Waals surface area (Å²) < 4.78 is 5.70. The van der Waals surface area contributed by atoms with Crippen molar-refractivity contribution >= 4 is 11.5 Å². The molecule has 0 amide bonds. The molecule has 1 aromatic rings. The van der Waals surface area contributed by atoms with Crippen molar-refractivity contribution in [1.29, 1.82) is 0 Å². The molecule has 6 nitrogen and oxygen atoms in total. The SMILES string of the molecule is CCc1cc(N2CCC3N=C(C4NC=CCN4)NC=C3C2)cc(OC)c1CC. The Morgan fingerprint density at radius 1 is 1.25 bits per heavy atom. The second kappa shape index (κ2) is 8.27. The maximum Gasteiger partial charge on any atom is 0.139 e. The summed E-state index contributed by atoms with van der Waals surface area (Å²) in [7, 11) is 1.77. The van der Waals surface area contributed by atoms with E-state index in [1.807, 2.05) is 6.20 Å². The van der Waals surface area contributed by atoms with E-state index in [2.05, 4.69) is 59.1 Å². The normalized spacial score (nSPS) is 23.9. The number of benzene rings is 1. The smallest absolute Gasteiger partial charge is 0.139 e. The molecule has 2 unspecified atom stereocenters. The Hall–Kier alpha value is -2.47. The predicted octanol–water partition coefficient (Wildman–Crippen LogP) is 2.32. The zero-order chi connectivity index (χ0) is 19.5. The number of nitrogens with zero attached hydrogens (tertiary/aromatic N) is 2. The van der Waals surface area contributed by atoms with E-state index in [0.29, 0.717) is 0 Å². The number of amidine groups is 1. The lowest BCUT2D eigenvalue weighted by Crippen LogP contribution is -2.54. The largest absolute Gasteiger partial charge is 0.496 e. The number of rotatable bonds is 5. The molecule has 150 valence electrons. The summed E-state index contributed by atoms with van der Waals surface area (Å²) >= 11 is 0. The summed E-state index contributed by atoms with van der Waals surface area (Å²) in [6, 6.07) is 4.81. The van der Waals surface area contributed by atoms with Crippen LogP contribution in [0.3, 0.4) is 0 Å². The monoisotopic (exact) mass is 381 g/mol. The van der Waals surface area contributed by atoms with Crippen molar-refractivity contribution in [3.05, 3.63) is 47.3 Å². The molecule has 1 aromatic carbocycles.